The average molecular weight is 451 g/mol. The standard InChI is InChI=1S/C18H19BrN4O5/c19-16-5-4-15(28-16)18(25)20-11-17(24)22-8-6-21(7-9-22)12-13-2-1-3-14(10-13)23(26)27/h1-5,10H,6-9,11-12H2,(H,20,25). The Morgan fingerprint density at radius 2 is 1.93 bits per heavy atom. The first kappa shape index (κ1) is 20.0. The van der Waals surface area contributed by atoms with Gasteiger partial charge in [0.25, 0.3) is 11.6 Å². The zero-order valence-corrected chi connectivity index (χ0v) is 16.6. The molecule has 1 aromatic carbocycles. The number of benzene rings is 1. The summed E-state index contributed by atoms with van der Waals surface area (Å²) < 4.78 is 5.60. The van der Waals surface area contributed by atoms with Gasteiger partial charge in [-0.05, 0) is 33.6 Å². The molecular formula is C18H19BrN4O5. The van der Waals surface area contributed by atoms with Crippen molar-refractivity contribution >= 4 is 33.4 Å². The van der Waals surface area contributed by atoms with Crippen LogP contribution < -0.4 is 5.32 Å². The second-order valence-corrected chi connectivity index (χ2v) is 7.15. The molecule has 1 saturated heterocycles. The Bertz CT molecular complexity index is 876. The van der Waals surface area contributed by atoms with Crippen molar-refractivity contribution in [3.05, 3.63) is 62.5 Å². The summed E-state index contributed by atoms with van der Waals surface area (Å²) in [5, 5.41) is 13.4. The van der Waals surface area contributed by atoms with E-state index in [0.29, 0.717) is 37.4 Å². The molecule has 9 nitrogen and oxygen atoms in total. The number of nitro benzene ring substituents is 1. The number of non-ortho nitro benzene ring substituents is 1. The minimum atomic E-state index is -0.441. The third-order valence-corrected chi connectivity index (χ3v) is 4.88. The number of amides is 2. The van der Waals surface area contributed by atoms with Crippen molar-refractivity contribution in [2.45, 2.75) is 6.54 Å². The predicted octanol–water partition coefficient (Wildman–Crippen LogP) is 2.02. The van der Waals surface area contributed by atoms with E-state index in [4.69, 9.17) is 4.42 Å². The number of carbonyl (C=O) groups is 2. The molecule has 0 atom stereocenters. The maximum absolute atomic E-state index is 12.3. The van der Waals surface area contributed by atoms with Crippen molar-refractivity contribution in [3.63, 3.8) is 0 Å². The fourth-order valence-electron chi connectivity index (χ4n) is 2.97. The van der Waals surface area contributed by atoms with Crippen LogP contribution in [-0.4, -0.2) is 59.3 Å². The number of nitrogens with zero attached hydrogens (tertiary/aromatic N) is 3. The fraction of sp³-hybridized carbons (Fsp3) is 0.333. The minimum absolute atomic E-state index is 0.0747. The van der Waals surface area contributed by atoms with E-state index in [2.05, 4.69) is 26.1 Å². The fourth-order valence-corrected chi connectivity index (χ4v) is 3.28. The van der Waals surface area contributed by atoms with Gasteiger partial charge >= 0.3 is 0 Å². The molecule has 28 heavy (non-hydrogen) atoms. The van der Waals surface area contributed by atoms with E-state index in [9.17, 15) is 19.7 Å². The molecule has 0 unspecified atom stereocenters. The molecule has 0 spiro atoms. The van der Waals surface area contributed by atoms with Gasteiger partial charge in [-0.1, -0.05) is 12.1 Å². The van der Waals surface area contributed by atoms with Crippen LogP contribution in [0, 0.1) is 10.1 Å². The monoisotopic (exact) mass is 450 g/mol. The predicted molar refractivity (Wildman–Crippen MR) is 104 cm³/mol. The summed E-state index contributed by atoms with van der Waals surface area (Å²) in [4.78, 5) is 38.5. The SMILES string of the molecule is O=C(NCC(=O)N1CCN(Cc2cccc([N+](=O)[O-])c2)CC1)c1ccc(Br)o1. The Balaban J connectivity index is 1.44. The number of furan rings is 1. The second-order valence-electron chi connectivity index (χ2n) is 6.37. The third-order valence-electron chi connectivity index (χ3n) is 4.45. The molecular weight excluding hydrogens is 432 g/mol. The molecule has 2 aromatic rings. The van der Waals surface area contributed by atoms with Gasteiger partial charge in [0.05, 0.1) is 11.5 Å². The zero-order chi connectivity index (χ0) is 20.1. The van der Waals surface area contributed by atoms with Crippen LogP contribution in [0.1, 0.15) is 16.1 Å². The molecule has 1 aliphatic heterocycles. The molecule has 1 aromatic heterocycles. The lowest BCUT2D eigenvalue weighted by Gasteiger charge is -2.34. The molecule has 3 rings (SSSR count). The van der Waals surface area contributed by atoms with Crippen LogP contribution in [0.25, 0.3) is 0 Å². The minimum Gasteiger partial charge on any atom is -0.444 e. The largest absolute Gasteiger partial charge is 0.444 e. The highest BCUT2D eigenvalue weighted by atomic mass is 79.9. The van der Waals surface area contributed by atoms with E-state index in [1.807, 2.05) is 6.07 Å². The highest BCUT2D eigenvalue weighted by Crippen LogP contribution is 2.16. The van der Waals surface area contributed by atoms with Gasteiger partial charge < -0.3 is 14.6 Å². The Morgan fingerprint density at radius 1 is 1.18 bits per heavy atom. The topological polar surface area (TPSA) is 109 Å². The number of hydrogen-bond acceptors (Lipinski definition) is 6. The van der Waals surface area contributed by atoms with Gasteiger partial charge in [-0.25, -0.2) is 0 Å². The van der Waals surface area contributed by atoms with Crippen molar-refractivity contribution in [1.82, 2.24) is 15.1 Å². The molecule has 10 heteroatoms. The van der Waals surface area contributed by atoms with Gasteiger partial charge in [0.15, 0.2) is 10.4 Å². The Kier molecular flexibility index (Phi) is 6.42. The molecule has 2 amide bonds. The lowest BCUT2D eigenvalue weighted by atomic mass is 10.1. The molecule has 148 valence electrons. The summed E-state index contributed by atoms with van der Waals surface area (Å²) in [6, 6.07) is 9.70. The Hall–Kier alpha value is -2.72. The third kappa shape index (κ3) is 5.17. The average Bonchev–Trinajstić information content (AvgIpc) is 3.13. The van der Waals surface area contributed by atoms with Crippen LogP contribution in [0.15, 0.2) is 45.5 Å². The number of carbonyl (C=O) groups excluding carboxylic acids is 2. The molecule has 0 radical (unpaired) electrons. The molecule has 2 heterocycles. The van der Waals surface area contributed by atoms with Gasteiger partial charge in [0.2, 0.25) is 5.91 Å². The first-order chi connectivity index (χ1) is 13.4. The van der Waals surface area contributed by atoms with Gasteiger partial charge in [-0.3, -0.25) is 24.6 Å². The lowest BCUT2D eigenvalue weighted by Crippen LogP contribution is -2.50. The van der Waals surface area contributed by atoms with Crippen LogP contribution in [0.4, 0.5) is 5.69 Å². The molecule has 1 aliphatic rings. The van der Waals surface area contributed by atoms with E-state index in [-0.39, 0.29) is 23.9 Å². The first-order valence-corrected chi connectivity index (χ1v) is 9.48. The molecule has 0 saturated carbocycles. The Labute approximate surface area is 169 Å². The highest BCUT2D eigenvalue weighted by molar-refractivity contribution is 9.10. The number of hydrogen-bond donors (Lipinski definition) is 1. The first-order valence-electron chi connectivity index (χ1n) is 8.69. The summed E-state index contributed by atoms with van der Waals surface area (Å²) in [5.74, 6) is -0.459. The number of nitro groups is 1. The number of halogens is 1. The summed E-state index contributed by atoms with van der Waals surface area (Å²) in [6.45, 7) is 2.89. The zero-order valence-electron chi connectivity index (χ0n) is 15.0. The van der Waals surface area contributed by atoms with Crippen molar-refractivity contribution < 1.29 is 18.9 Å². The van der Waals surface area contributed by atoms with Gasteiger partial charge in [-0.2, -0.15) is 0 Å². The maximum atomic E-state index is 12.3. The maximum Gasteiger partial charge on any atom is 0.287 e. The molecule has 0 bridgehead atoms. The smallest absolute Gasteiger partial charge is 0.287 e. The summed E-state index contributed by atoms with van der Waals surface area (Å²) in [6.07, 6.45) is 0. The summed E-state index contributed by atoms with van der Waals surface area (Å²) >= 11 is 3.12. The van der Waals surface area contributed by atoms with Crippen LogP contribution in [0.5, 0.6) is 0 Å². The van der Waals surface area contributed by atoms with Gasteiger partial charge in [0.1, 0.15) is 0 Å². The van der Waals surface area contributed by atoms with E-state index >= 15 is 0 Å². The van der Waals surface area contributed by atoms with Crippen LogP contribution in [0.2, 0.25) is 0 Å². The van der Waals surface area contributed by atoms with Crippen molar-refractivity contribution in [2.24, 2.45) is 0 Å². The number of rotatable bonds is 6. The van der Waals surface area contributed by atoms with Gasteiger partial charge in [0, 0.05) is 44.9 Å². The highest BCUT2D eigenvalue weighted by Gasteiger charge is 2.22. The van der Waals surface area contributed by atoms with E-state index in [1.54, 1.807) is 23.1 Å². The quantitative estimate of drug-likeness (QED) is 0.532. The molecule has 0 aliphatic carbocycles. The second kappa shape index (κ2) is 8.98. The lowest BCUT2D eigenvalue weighted by molar-refractivity contribution is -0.384. The normalized spacial score (nSPS) is 14.7. The number of nitrogens with one attached hydrogen (secondary N) is 1. The summed E-state index contributed by atoms with van der Waals surface area (Å²) in [5.41, 5.74) is 0.941. The van der Waals surface area contributed by atoms with Crippen molar-refractivity contribution in [2.75, 3.05) is 32.7 Å². The van der Waals surface area contributed by atoms with Crippen molar-refractivity contribution in [3.8, 4) is 0 Å². The van der Waals surface area contributed by atoms with Crippen molar-refractivity contribution in [1.29, 1.82) is 0 Å². The van der Waals surface area contributed by atoms with Gasteiger partial charge in [-0.15, -0.1) is 0 Å². The molecule has 1 fully saturated rings. The van der Waals surface area contributed by atoms with E-state index < -0.39 is 10.8 Å². The summed E-state index contributed by atoms with van der Waals surface area (Å²) in [7, 11) is 0. The van der Waals surface area contributed by atoms with E-state index in [0.717, 1.165) is 5.56 Å². The van der Waals surface area contributed by atoms with Crippen LogP contribution >= 0.6 is 15.9 Å². The van der Waals surface area contributed by atoms with Crippen LogP contribution in [-0.2, 0) is 11.3 Å². The Morgan fingerprint density at radius 3 is 2.57 bits per heavy atom. The number of piperazine rings is 1. The molecule has 1 N–H and O–H groups in total. The van der Waals surface area contributed by atoms with E-state index in [1.165, 1.54) is 12.1 Å². The van der Waals surface area contributed by atoms with Crippen LogP contribution in [0.3, 0.4) is 0 Å².